The summed E-state index contributed by atoms with van der Waals surface area (Å²) in [5.74, 6) is -0.127. The van der Waals surface area contributed by atoms with Crippen LogP contribution >= 0.6 is 11.3 Å². The van der Waals surface area contributed by atoms with Crippen molar-refractivity contribution >= 4 is 21.4 Å². The molecule has 0 aliphatic carbocycles. The van der Waals surface area contributed by atoms with Crippen molar-refractivity contribution in [3.63, 3.8) is 0 Å². The van der Waals surface area contributed by atoms with Crippen LogP contribution in [0.4, 0.5) is 4.39 Å². The third-order valence-corrected chi connectivity index (χ3v) is 3.29. The molecule has 3 heteroatoms. The average Bonchev–Trinajstić information content (AvgIpc) is 2.66. The molecule has 1 aromatic carbocycles. The first-order chi connectivity index (χ1) is 6.83. The number of fused-ring (bicyclic) bond motifs is 1. The minimum Gasteiger partial charge on any atom is -0.330 e. The first kappa shape index (κ1) is 9.62. The van der Waals surface area contributed by atoms with Gasteiger partial charge in [-0.2, -0.15) is 0 Å². The molecule has 0 radical (unpaired) electrons. The lowest BCUT2D eigenvalue weighted by Crippen LogP contribution is -2.00. The van der Waals surface area contributed by atoms with Crippen LogP contribution in [0.15, 0.2) is 23.6 Å². The zero-order valence-electron chi connectivity index (χ0n) is 7.79. The summed E-state index contributed by atoms with van der Waals surface area (Å²) >= 11 is 1.60. The second-order valence-corrected chi connectivity index (χ2v) is 4.18. The maximum Gasteiger partial charge on any atom is 0.131 e. The Morgan fingerprint density at radius 3 is 2.93 bits per heavy atom. The summed E-state index contributed by atoms with van der Waals surface area (Å²) in [5.41, 5.74) is 6.67. The maximum atomic E-state index is 13.3. The van der Waals surface area contributed by atoms with Crippen molar-refractivity contribution < 1.29 is 4.39 Å². The van der Waals surface area contributed by atoms with Gasteiger partial charge in [-0.05, 0) is 42.5 Å². The largest absolute Gasteiger partial charge is 0.330 e. The smallest absolute Gasteiger partial charge is 0.131 e. The van der Waals surface area contributed by atoms with Gasteiger partial charge >= 0.3 is 0 Å². The molecule has 0 amide bonds. The Bertz CT molecular complexity index is 436. The molecule has 14 heavy (non-hydrogen) atoms. The summed E-state index contributed by atoms with van der Waals surface area (Å²) in [6.07, 6.45) is 1.90. The molecular formula is C11H12FNS. The van der Waals surface area contributed by atoms with Crippen LogP contribution < -0.4 is 5.73 Å². The summed E-state index contributed by atoms with van der Waals surface area (Å²) < 4.78 is 14.4. The second kappa shape index (κ2) is 4.07. The highest BCUT2D eigenvalue weighted by Gasteiger charge is 2.06. The summed E-state index contributed by atoms with van der Waals surface area (Å²) in [5, 5.41) is 2.67. The van der Waals surface area contributed by atoms with E-state index < -0.39 is 0 Å². The van der Waals surface area contributed by atoms with Gasteiger partial charge in [0.05, 0.1) is 0 Å². The maximum absolute atomic E-state index is 13.3. The van der Waals surface area contributed by atoms with Gasteiger partial charge in [-0.15, -0.1) is 11.3 Å². The van der Waals surface area contributed by atoms with E-state index in [-0.39, 0.29) is 5.82 Å². The second-order valence-electron chi connectivity index (χ2n) is 3.26. The highest BCUT2D eigenvalue weighted by Crippen LogP contribution is 2.27. The molecule has 0 aliphatic heterocycles. The lowest BCUT2D eigenvalue weighted by atomic mass is 10.1. The Morgan fingerprint density at radius 1 is 1.29 bits per heavy atom. The third-order valence-electron chi connectivity index (χ3n) is 2.30. The number of hydrogen-bond donors (Lipinski definition) is 1. The van der Waals surface area contributed by atoms with Gasteiger partial charge < -0.3 is 5.73 Å². The number of nitrogens with two attached hydrogens (primary N) is 1. The standard InChI is InChI=1S/C11H12FNS/c12-10-4-3-8(2-1-6-13)11-9(10)5-7-14-11/h3-5,7H,1-2,6,13H2. The van der Waals surface area contributed by atoms with Crippen molar-refractivity contribution in [1.29, 1.82) is 0 Å². The lowest BCUT2D eigenvalue weighted by Gasteiger charge is -2.02. The topological polar surface area (TPSA) is 26.0 Å². The quantitative estimate of drug-likeness (QED) is 0.826. The van der Waals surface area contributed by atoms with Crippen molar-refractivity contribution in [1.82, 2.24) is 0 Å². The van der Waals surface area contributed by atoms with E-state index in [4.69, 9.17) is 5.73 Å². The molecule has 0 atom stereocenters. The molecular weight excluding hydrogens is 197 g/mol. The summed E-state index contributed by atoms with van der Waals surface area (Å²) in [4.78, 5) is 0. The minimum absolute atomic E-state index is 0.127. The molecule has 74 valence electrons. The number of benzene rings is 1. The molecule has 0 fully saturated rings. The lowest BCUT2D eigenvalue weighted by molar-refractivity contribution is 0.639. The van der Waals surface area contributed by atoms with Crippen LogP contribution in [0.3, 0.4) is 0 Å². The highest BCUT2D eigenvalue weighted by atomic mass is 32.1. The normalized spacial score (nSPS) is 11.0. The van der Waals surface area contributed by atoms with Gasteiger partial charge in [-0.3, -0.25) is 0 Å². The fourth-order valence-electron chi connectivity index (χ4n) is 1.57. The van der Waals surface area contributed by atoms with Gasteiger partial charge in [0, 0.05) is 10.1 Å². The average molecular weight is 209 g/mol. The molecule has 0 saturated heterocycles. The van der Waals surface area contributed by atoms with Crippen molar-refractivity contribution in [3.05, 3.63) is 35.0 Å². The van der Waals surface area contributed by atoms with Crippen molar-refractivity contribution in [3.8, 4) is 0 Å². The van der Waals surface area contributed by atoms with Gasteiger partial charge in [0.2, 0.25) is 0 Å². The van der Waals surface area contributed by atoms with E-state index in [0.29, 0.717) is 6.54 Å². The Labute approximate surface area is 86.4 Å². The predicted molar refractivity (Wildman–Crippen MR) is 59.2 cm³/mol. The van der Waals surface area contributed by atoms with Crippen LogP contribution in [-0.2, 0) is 6.42 Å². The van der Waals surface area contributed by atoms with E-state index in [1.165, 1.54) is 5.56 Å². The van der Waals surface area contributed by atoms with Gasteiger partial charge in [0.15, 0.2) is 0 Å². The monoisotopic (exact) mass is 209 g/mol. The first-order valence-electron chi connectivity index (χ1n) is 4.67. The van der Waals surface area contributed by atoms with E-state index in [9.17, 15) is 4.39 Å². The molecule has 0 aliphatic rings. The predicted octanol–water partition coefficient (Wildman–Crippen LogP) is 2.93. The van der Waals surface area contributed by atoms with E-state index in [2.05, 4.69) is 0 Å². The summed E-state index contributed by atoms with van der Waals surface area (Å²) in [7, 11) is 0. The highest BCUT2D eigenvalue weighted by molar-refractivity contribution is 7.17. The molecule has 1 nitrogen and oxygen atoms in total. The molecule has 0 unspecified atom stereocenters. The number of thiophene rings is 1. The molecule has 0 bridgehead atoms. The van der Waals surface area contributed by atoms with E-state index in [1.54, 1.807) is 17.4 Å². The number of aryl methyl sites for hydroxylation is 1. The molecule has 2 N–H and O–H groups in total. The van der Waals surface area contributed by atoms with E-state index in [0.717, 1.165) is 22.9 Å². The number of hydrogen-bond acceptors (Lipinski definition) is 2. The van der Waals surface area contributed by atoms with Crippen LogP contribution in [0.1, 0.15) is 12.0 Å². The summed E-state index contributed by atoms with van der Waals surface area (Å²) in [6.45, 7) is 0.685. The van der Waals surface area contributed by atoms with E-state index >= 15 is 0 Å². The van der Waals surface area contributed by atoms with Crippen LogP contribution in [-0.4, -0.2) is 6.54 Å². The molecule has 0 saturated carbocycles. The van der Waals surface area contributed by atoms with Gasteiger partial charge in [0.25, 0.3) is 0 Å². The van der Waals surface area contributed by atoms with Crippen LogP contribution in [0, 0.1) is 5.82 Å². The fourth-order valence-corrected chi connectivity index (χ4v) is 2.53. The molecule has 2 rings (SSSR count). The SMILES string of the molecule is NCCCc1ccc(F)c2ccsc12. The van der Waals surface area contributed by atoms with Crippen molar-refractivity contribution in [2.45, 2.75) is 12.8 Å². The van der Waals surface area contributed by atoms with Gasteiger partial charge in [-0.25, -0.2) is 4.39 Å². The third kappa shape index (κ3) is 1.65. The molecule has 1 heterocycles. The van der Waals surface area contributed by atoms with Gasteiger partial charge in [-0.1, -0.05) is 6.07 Å². The van der Waals surface area contributed by atoms with Crippen LogP contribution in [0.25, 0.3) is 10.1 Å². The van der Waals surface area contributed by atoms with E-state index in [1.807, 2.05) is 17.5 Å². The number of halogens is 1. The first-order valence-corrected chi connectivity index (χ1v) is 5.55. The molecule has 2 aromatic rings. The summed E-state index contributed by atoms with van der Waals surface area (Å²) in [6, 6.07) is 5.24. The number of rotatable bonds is 3. The Hall–Kier alpha value is -0.930. The molecule has 0 spiro atoms. The van der Waals surface area contributed by atoms with Crippen LogP contribution in [0.2, 0.25) is 0 Å². The van der Waals surface area contributed by atoms with Gasteiger partial charge in [0.1, 0.15) is 5.82 Å². The Morgan fingerprint density at radius 2 is 2.14 bits per heavy atom. The Kier molecular flexibility index (Phi) is 2.79. The van der Waals surface area contributed by atoms with Crippen molar-refractivity contribution in [2.75, 3.05) is 6.54 Å². The minimum atomic E-state index is -0.127. The zero-order chi connectivity index (χ0) is 9.97. The fraction of sp³-hybridized carbons (Fsp3) is 0.273. The Balaban J connectivity index is 2.45. The van der Waals surface area contributed by atoms with Crippen LogP contribution in [0.5, 0.6) is 0 Å². The zero-order valence-corrected chi connectivity index (χ0v) is 8.61. The molecule has 1 aromatic heterocycles. The van der Waals surface area contributed by atoms with Crippen molar-refractivity contribution in [2.24, 2.45) is 5.73 Å².